The van der Waals surface area contributed by atoms with Crippen LogP contribution >= 0.6 is 56.9 Å². The molecule has 4 aromatic carbocycles. The number of aryl methyl sites for hydroxylation is 6. The van der Waals surface area contributed by atoms with Crippen molar-refractivity contribution in [1.82, 2.24) is 29.9 Å². The molecule has 31 heteroatoms. The van der Waals surface area contributed by atoms with Crippen LogP contribution in [0.3, 0.4) is 0 Å². The molecule has 19 nitrogen and oxygen atoms in total. The van der Waals surface area contributed by atoms with E-state index >= 15 is 0 Å². The summed E-state index contributed by atoms with van der Waals surface area (Å²) in [6.07, 6.45) is -8.82. The van der Waals surface area contributed by atoms with Crippen LogP contribution < -0.4 is 34.9 Å². The number of esters is 2. The molecule has 0 bridgehead atoms. The van der Waals surface area contributed by atoms with E-state index in [1.54, 1.807) is 43.3 Å². The van der Waals surface area contributed by atoms with Gasteiger partial charge in [-0.3, -0.25) is 19.2 Å². The number of nitrogens with one attached hydrogen (secondary N) is 1. The molecule has 0 saturated heterocycles. The summed E-state index contributed by atoms with van der Waals surface area (Å²) in [6.45, 7) is 16.9. The summed E-state index contributed by atoms with van der Waals surface area (Å²) in [5.41, 5.74) is 14.6. The summed E-state index contributed by atoms with van der Waals surface area (Å²) >= 11 is 8.87. The number of nitrogen functional groups attached to an aromatic ring is 1. The van der Waals surface area contributed by atoms with E-state index in [9.17, 15) is 65.0 Å². The fourth-order valence-electron chi connectivity index (χ4n) is 7.92. The molecule has 5 aromatic heterocycles. The summed E-state index contributed by atoms with van der Waals surface area (Å²) in [4.78, 5) is 103. The van der Waals surface area contributed by atoms with Gasteiger partial charge in [-0.15, -0.1) is 45.3 Å². The number of halogens is 7. The number of aromatic nitrogens is 6. The molecule has 0 radical (unpaired) electrons. The fourth-order valence-corrected chi connectivity index (χ4v) is 11.0. The summed E-state index contributed by atoms with van der Waals surface area (Å²) < 4.78 is 88.1. The number of carboxylic acids is 1. The van der Waals surface area contributed by atoms with Crippen LogP contribution in [0, 0.1) is 62.3 Å². The van der Waals surface area contributed by atoms with Gasteiger partial charge in [-0.2, -0.15) is 26.3 Å². The van der Waals surface area contributed by atoms with Gasteiger partial charge in [0.05, 0.1) is 48.9 Å². The maximum Gasteiger partial charge on any atom is 1.00 e. The van der Waals surface area contributed by atoms with Gasteiger partial charge in [0, 0.05) is 57.0 Å². The van der Waals surface area contributed by atoms with E-state index < -0.39 is 46.5 Å². The maximum absolute atomic E-state index is 12.6. The molecular weight excluding hydrogens is 1300 g/mol. The normalized spacial score (nSPS) is 10.7. The Kier molecular flexibility index (Phi) is 28.3. The Labute approximate surface area is 549 Å². The number of ether oxygens (including phenoxy) is 3. The number of Topliss-reactive ketones (excluding diaryl/α,β-unsaturated/α-hetero) is 2. The first-order valence-corrected chi connectivity index (χ1v) is 29.7. The number of hydrogen-bond acceptors (Lipinski definition) is 21. The number of carboxylic acid groups (broad SMARTS) is 1. The van der Waals surface area contributed by atoms with Crippen molar-refractivity contribution in [2.45, 2.75) is 87.5 Å². The first-order chi connectivity index (χ1) is 41.6. The molecule has 5 heterocycles. The van der Waals surface area contributed by atoms with Gasteiger partial charge in [0.25, 0.3) is 10.8 Å². The minimum absolute atomic E-state index is 0. The SMILES string of the molecule is COC(=O)c1ccc(C)c(C)c1CC(=O)c1nc(C)cs1.COC(=O)c1ccc(C)c(C)c1N.COc1ccc2c(=O)[nH]c(-c3nc(C(F)(F)F)cs3)nc2c1C.Cc1csc(C(=O)Cc2c(C(=O)O)ccc(C)c2C)n1.O=C(Cl)c1nc(C(F)(F)F)cs1.[Li+].[OH-]. The summed E-state index contributed by atoms with van der Waals surface area (Å²) in [7, 11) is 4.17. The van der Waals surface area contributed by atoms with Gasteiger partial charge in [-0.25, -0.2) is 39.3 Å². The molecule has 0 fully saturated rings. The predicted octanol–water partition coefficient (Wildman–Crippen LogP) is 10.9. The quantitative estimate of drug-likeness (QED) is 0.0256. The molecule has 0 unspecified atom stereocenters. The van der Waals surface area contributed by atoms with Crippen molar-refractivity contribution in [2.24, 2.45) is 0 Å². The number of H-pyrrole nitrogens is 1. The molecular formula is C60H57ClF6LiN7O12S4. The van der Waals surface area contributed by atoms with Crippen molar-refractivity contribution in [3.63, 3.8) is 0 Å². The number of fused-ring (bicyclic) bond motifs is 1. The number of aromatic carboxylic acids is 1. The molecule has 9 rings (SSSR count). The van der Waals surface area contributed by atoms with E-state index in [1.165, 1.54) is 44.0 Å². The van der Waals surface area contributed by atoms with Gasteiger partial charge in [0.1, 0.15) is 5.75 Å². The topological polar surface area (TPSA) is 304 Å². The van der Waals surface area contributed by atoms with E-state index in [4.69, 9.17) is 26.8 Å². The number of ketones is 2. The molecule has 9 aromatic rings. The number of nitrogens with two attached hydrogens (primary N) is 1. The van der Waals surface area contributed by atoms with Gasteiger partial charge in [0.15, 0.2) is 48.8 Å². The molecule has 0 amide bonds. The number of hydrogen-bond donors (Lipinski definition) is 3. The van der Waals surface area contributed by atoms with Crippen LogP contribution in [0.25, 0.3) is 21.7 Å². The largest absolute Gasteiger partial charge is 1.00 e. The number of anilines is 1. The number of rotatable bonds is 12. The van der Waals surface area contributed by atoms with E-state index in [0.717, 1.165) is 72.4 Å². The van der Waals surface area contributed by atoms with Crippen molar-refractivity contribution in [2.75, 3.05) is 27.1 Å². The van der Waals surface area contributed by atoms with Crippen LogP contribution in [0.1, 0.15) is 133 Å². The molecule has 0 aliphatic heterocycles. The van der Waals surface area contributed by atoms with E-state index in [2.05, 4.69) is 34.6 Å². The smallest absolute Gasteiger partial charge is 0.870 e. The number of methoxy groups -OCH3 is 3. The number of benzene rings is 4. The van der Waals surface area contributed by atoms with Crippen molar-refractivity contribution < 1.29 is 98.8 Å². The van der Waals surface area contributed by atoms with Gasteiger partial charge >= 0.3 is 49.1 Å². The number of alkyl halides is 6. The Morgan fingerprint density at radius 1 is 0.571 bits per heavy atom. The van der Waals surface area contributed by atoms with Crippen LogP contribution in [-0.4, -0.2) is 96.5 Å². The number of aromatic amines is 1. The van der Waals surface area contributed by atoms with Gasteiger partial charge in [0.2, 0.25) is 0 Å². The first-order valence-electron chi connectivity index (χ1n) is 25.8. The second kappa shape index (κ2) is 33.3. The zero-order valence-electron chi connectivity index (χ0n) is 50.9. The number of carbonyl (C=O) groups is 6. The van der Waals surface area contributed by atoms with Crippen LogP contribution in [0.5, 0.6) is 5.75 Å². The fraction of sp³-hybridized carbons (Fsp3) is 0.267. The summed E-state index contributed by atoms with van der Waals surface area (Å²) in [6, 6.07) is 13.6. The monoisotopic (exact) mass is 1350 g/mol. The molecule has 0 spiro atoms. The zero-order chi connectivity index (χ0) is 66.6. The minimum atomic E-state index is -4.54. The van der Waals surface area contributed by atoms with Crippen molar-refractivity contribution in [3.05, 3.63) is 185 Å². The third-order valence-electron chi connectivity index (χ3n) is 13.2. The predicted molar refractivity (Wildman–Crippen MR) is 331 cm³/mol. The molecule has 478 valence electrons. The Morgan fingerprint density at radius 3 is 1.43 bits per heavy atom. The van der Waals surface area contributed by atoms with Crippen LogP contribution in [0.15, 0.2) is 74.8 Å². The number of thiazole rings is 4. The Morgan fingerprint density at radius 2 is 1.01 bits per heavy atom. The second-order valence-corrected chi connectivity index (χ2v) is 22.9. The van der Waals surface area contributed by atoms with Crippen LogP contribution in [0.2, 0.25) is 0 Å². The molecule has 5 N–H and O–H groups in total. The zero-order valence-corrected chi connectivity index (χ0v) is 54.9. The average Bonchev–Trinajstić information content (AvgIpc) is 1.56. The van der Waals surface area contributed by atoms with Crippen molar-refractivity contribution in [1.29, 1.82) is 0 Å². The molecule has 0 atom stereocenters. The number of nitrogens with zero attached hydrogens (tertiary/aromatic N) is 5. The Bertz CT molecular complexity index is 4200. The van der Waals surface area contributed by atoms with Gasteiger partial charge in [-0.1, -0.05) is 18.2 Å². The van der Waals surface area contributed by atoms with E-state index in [1.807, 2.05) is 78.3 Å². The van der Waals surface area contributed by atoms with Crippen LogP contribution in [-0.2, 0) is 34.7 Å². The first kappa shape index (κ1) is 77.2. The van der Waals surface area contributed by atoms with Crippen LogP contribution in [0.4, 0.5) is 32.0 Å². The Balaban J connectivity index is 0.000000301. The maximum atomic E-state index is 12.6. The van der Waals surface area contributed by atoms with Crippen molar-refractivity contribution >= 4 is 108 Å². The van der Waals surface area contributed by atoms with Gasteiger partial charge in [-0.05, 0) is 149 Å². The second-order valence-electron chi connectivity index (χ2n) is 19.2. The van der Waals surface area contributed by atoms with Gasteiger partial charge < -0.3 is 35.5 Å². The molecule has 0 aliphatic rings. The van der Waals surface area contributed by atoms with E-state index in [-0.39, 0.29) is 76.1 Å². The molecule has 0 saturated carbocycles. The Hall–Kier alpha value is -8.01. The minimum Gasteiger partial charge on any atom is -0.870 e. The average molecular weight is 1350 g/mol. The summed E-state index contributed by atoms with van der Waals surface area (Å²) in [5.74, 6) is -1.50. The molecule has 91 heavy (non-hydrogen) atoms. The summed E-state index contributed by atoms with van der Waals surface area (Å²) in [5, 5.41) is 14.5. The van der Waals surface area contributed by atoms with E-state index in [0.29, 0.717) is 65.9 Å². The third-order valence-corrected chi connectivity index (χ3v) is 17.2. The molecule has 0 aliphatic carbocycles. The van der Waals surface area contributed by atoms with Crippen molar-refractivity contribution in [3.8, 4) is 16.6 Å². The standard InChI is InChI=1S/C16H17NO3S.C15H15NO3S.C14H10F3N3O2S.C10H13NO2.C5HClF3NOS.Li.H2O/c1-9-5-6-12(16(19)20-4)13(11(9)3)7-14(18)15-17-10(2)8-21-15;1-8-4-5-11(15(18)19)12(10(8)3)6-13(17)14-16-9(2)7-20-14;1-6-8(22-2)4-3-7-10(6)19-11(20-12(7)21)13-18-9(5-23-13)14(15,16)17;1-6-4-5-8(10(12)13-3)9(11)7(6)2;6-3(11)4-10-2(1-12-4)5(7,8)9;;/h5-6,8H,7H2,1-4H3;4-5,7H,6H2,1-3H3,(H,18,19);3-5H,1-2H3,(H,19,20,21);4-5H,11H2,1-3H3;1H;;1H2/q;;;;;+1;/p-1. The number of carbonyl (C=O) groups excluding carboxylic acids is 5. The third kappa shape index (κ3) is 20.0.